The number of allylic oxidation sites excluding steroid dienone is 2. The predicted octanol–water partition coefficient (Wildman–Crippen LogP) is 5.62. The molecule has 2 amide bonds. The minimum atomic E-state index is -0.804. The molecular formula is C32H45NO5. The molecule has 1 aliphatic heterocycles. The molecule has 0 spiro atoms. The molecule has 3 N–H and O–H groups in total. The van der Waals surface area contributed by atoms with Gasteiger partial charge in [-0.05, 0) is 56.1 Å². The Kier molecular flexibility index (Phi) is 9.48. The van der Waals surface area contributed by atoms with Gasteiger partial charge in [0.1, 0.15) is 5.75 Å². The largest absolute Gasteiger partial charge is 0.507 e. The van der Waals surface area contributed by atoms with Gasteiger partial charge in [0.15, 0.2) is 0 Å². The summed E-state index contributed by atoms with van der Waals surface area (Å²) >= 11 is 0. The summed E-state index contributed by atoms with van der Waals surface area (Å²) in [6.07, 6.45) is 9.55. The first-order valence-corrected chi connectivity index (χ1v) is 14.6. The number of rotatable bonds is 10. The van der Waals surface area contributed by atoms with Crippen LogP contribution in [0.5, 0.6) is 5.75 Å². The van der Waals surface area contributed by atoms with Crippen molar-refractivity contribution in [3.63, 3.8) is 0 Å². The lowest BCUT2D eigenvalue weighted by atomic mass is 9.66. The molecule has 0 aromatic heterocycles. The van der Waals surface area contributed by atoms with Gasteiger partial charge >= 0.3 is 0 Å². The molecule has 208 valence electrons. The van der Waals surface area contributed by atoms with E-state index in [0.29, 0.717) is 19.3 Å². The average molecular weight is 524 g/mol. The molecule has 6 heteroatoms. The number of likely N-dealkylation sites (tertiary alicyclic amines) is 1. The Morgan fingerprint density at radius 1 is 1.08 bits per heavy atom. The summed E-state index contributed by atoms with van der Waals surface area (Å²) in [5.74, 6) is -1.45. The molecule has 2 aliphatic carbocycles. The van der Waals surface area contributed by atoms with Gasteiger partial charge in [-0.1, -0.05) is 81.9 Å². The van der Waals surface area contributed by atoms with E-state index < -0.39 is 23.9 Å². The second-order valence-corrected chi connectivity index (χ2v) is 11.8. The molecule has 0 radical (unpaired) electrons. The van der Waals surface area contributed by atoms with E-state index in [2.05, 4.69) is 20.8 Å². The van der Waals surface area contributed by atoms with Crippen LogP contribution in [-0.2, 0) is 9.59 Å². The summed E-state index contributed by atoms with van der Waals surface area (Å²) in [4.78, 5) is 28.8. The first-order valence-electron chi connectivity index (χ1n) is 14.6. The molecule has 38 heavy (non-hydrogen) atoms. The fourth-order valence-corrected chi connectivity index (χ4v) is 7.07. The van der Waals surface area contributed by atoms with Crippen LogP contribution >= 0.6 is 0 Å². The number of aliphatic hydroxyl groups excluding tert-OH is 2. The Bertz CT molecular complexity index is 1070. The monoisotopic (exact) mass is 523 g/mol. The molecule has 1 aromatic rings. The maximum Gasteiger partial charge on any atom is 0.234 e. The van der Waals surface area contributed by atoms with Crippen molar-refractivity contribution >= 4 is 17.9 Å². The van der Waals surface area contributed by atoms with Crippen molar-refractivity contribution in [3.8, 4) is 5.75 Å². The zero-order valence-corrected chi connectivity index (χ0v) is 23.2. The second-order valence-electron chi connectivity index (χ2n) is 11.8. The maximum atomic E-state index is 13.7. The van der Waals surface area contributed by atoms with Crippen LogP contribution in [0, 0.1) is 23.7 Å². The fourth-order valence-electron chi connectivity index (χ4n) is 7.07. The van der Waals surface area contributed by atoms with Gasteiger partial charge in [-0.2, -0.15) is 0 Å². The molecule has 1 aromatic carbocycles. The minimum Gasteiger partial charge on any atom is -0.507 e. The van der Waals surface area contributed by atoms with Crippen LogP contribution in [-0.4, -0.2) is 50.8 Å². The smallest absolute Gasteiger partial charge is 0.234 e. The Morgan fingerprint density at radius 3 is 2.42 bits per heavy atom. The number of para-hydroxylation sites is 1. The summed E-state index contributed by atoms with van der Waals surface area (Å²) in [5, 5.41) is 32.4. The third kappa shape index (κ3) is 5.76. The van der Waals surface area contributed by atoms with Crippen molar-refractivity contribution in [2.45, 2.75) is 97.1 Å². The van der Waals surface area contributed by atoms with Gasteiger partial charge in [0, 0.05) is 17.5 Å². The Balaban J connectivity index is 1.59. The highest BCUT2D eigenvalue weighted by atomic mass is 16.3. The van der Waals surface area contributed by atoms with Crippen molar-refractivity contribution in [1.29, 1.82) is 0 Å². The number of phenols is 1. The lowest BCUT2D eigenvalue weighted by Crippen LogP contribution is -2.42. The van der Waals surface area contributed by atoms with Gasteiger partial charge in [-0.3, -0.25) is 14.5 Å². The number of amides is 2. The van der Waals surface area contributed by atoms with Gasteiger partial charge in [-0.25, -0.2) is 0 Å². The molecule has 3 aliphatic rings. The van der Waals surface area contributed by atoms with Crippen molar-refractivity contribution in [1.82, 2.24) is 4.90 Å². The topological polar surface area (TPSA) is 98.1 Å². The van der Waals surface area contributed by atoms with Crippen LogP contribution in [0.4, 0.5) is 0 Å². The number of carbonyl (C=O) groups excluding carboxylic acids is 2. The van der Waals surface area contributed by atoms with Crippen LogP contribution < -0.4 is 0 Å². The van der Waals surface area contributed by atoms with Gasteiger partial charge in [0.2, 0.25) is 11.8 Å². The normalized spacial score (nSPS) is 25.9. The number of hydrogen-bond acceptors (Lipinski definition) is 5. The van der Waals surface area contributed by atoms with E-state index in [1.165, 1.54) is 0 Å². The number of carbonyl (C=O) groups is 2. The first kappa shape index (κ1) is 28.6. The van der Waals surface area contributed by atoms with Crippen molar-refractivity contribution in [2.24, 2.45) is 23.7 Å². The van der Waals surface area contributed by atoms with Gasteiger partial charge < -0.3 is 15.3 Å². The number of nitrogens with zero attached hydrogens (tertiary/aromatic N) is 1. The molecule has 0 unspecified atom stereocenters. The van der Waals surface area contributed by atoms with Crippen LogP contribution in [0.3, 0.4) is 0 Å². The third-order valence-electron chi connectivity index (χ3n) is 8.95. The number of hydrogen-bond donors (Lipinski definition) is 3. The van der Waals surface area contributed by atoms with Crippen molar-refractivity contribution < 1.29 is 24.9 Å². The fraction of sp³-hybridized carbons (Fsp3) is 0.625. The first-order chi connectivity index (χ1) is 18.3. The molecule has 0 bridgehead atoms. The molecule has 6 nitrogen and oxygen atoms in total. The summed E-state index contributed by atoms with van der Waals surface area (Å²) < 4.78 is 0. The summed E-state index contributed by atoms with van der Waals surface area (Å²) in [7, 11) is 0. The highest BCUT2D eigenvalue weighted by Gasteiger charge is 2.56. The quantitative estimate of drug-likeness (QED) is 0.273. The van der Waals surface area contributed by atoms with E-state index in [9.17, 15) is 24.9 Å². The highest BCUT2D eigenvalue weighted by molar-refractivity contribution is 6.06. The zero-order chi connectivity index (χ0) is 27.4. The van der Waals surface area contributed by atoms with Crippen LogP contribution in [0.1, 0.15) is 90.5 Å². The number of aliphatic hydroxyl groups is 2. The zero-order valence-electron chi connectivity index (χ0n) is 23.2. The predicted molar refractivity (Wildman–Crippen MR) is 149 cm³/mol. The van der Waals surface area contributed by atoms with Crippen LogP contribution in [0.2, 0.25) is 0 Å². The van der Waals surface area contributed by atoms with E-state index in [0.717, 1.165) is 67.2 Å². The molecule has 1 heterocycles. The molecule has 2 fully saturated rings. The van der Waals surface area contributed by atoms with Gasteiger partial charge in [0.25, 0.3) is 0 Å². The van der Waals surface area contributed by atoms with E-state index in [4.69, 9.17) is 0 Å². The number of aromatic hydroxyl groups is 1. The molecule has 1 saturated heterocycles. The number of benzene rings is 1. The standard InChI is InChI=1S/C32H45NO5/c1-4-10-21(17-22-11-8-9-14-27(22)35)15-16-28(36)29-24(20(2)3)18-25-30(26(29)19-34)32(38)33(31(25)37)23-12-6-5-7-13-23/h8-9,11,14,17,20,23,25-26,28,30,34-36H,4-7,10,12-13,15-16,18-19H2,1-3H3/b21-17+/t25-,26+,28-,30-/m1/s1. The van der Waals surface area contributed by atoms with E-state index in [1.807, 2.05) is 18.2 Å². The van der Waals surface area contributed by atoms with Crippen LogP contribution in [0.15, 0.2) is 41.0 Å². The lowest BCUT2D eigenvalue weighted by Gasteiger charge is -2.38. The molecular weight excluding hydrogens is 478 g/mol. The Morgan fingerprint density at radius 2 is 1.79 bits per heavy atom. The average Bonchev–Trinajstić information content (AvgIpc) is 3.17. The van der Waals surface area contributed by atoms with Gasteiger partial charge in [0.05, 0.1) is 24.5 Å². The molecule has 4 atom stereocenters. The summed E-state index contributed by atoms with van der Waals surface area (Å²) in [6, 6.07) is 7.21. The van der Waals surface area contributed by atoms with Crippen molar-refractivity contribution in [3.05, 3.63) is 46.5 Å². The Hall–Kier alpha value is -2.44. The molecule has 4 rings (SSSR count). The number of fused-ring (bicyclic) bond motifs is 1. The Labute approximate surface area is 227 Å². The van der Waals surface area contributed by atoms with Gasteiger partial charge in [-0.15, -0.1) is 0 Å². The summed E-state index contributed by atoms with van der Waals surface area (Å²) in [6.45, 7) is 5.99. The number of imide groups is 1. The van der Waals surface area contributed by atoms with E-state index in [1.54, 1.807) is 17.0 Å². The molecule has 1 saturated carbocycles. The third-order valence-corrected chi connectivity index (χ3v) is 8.95. The minimum absolute atomic E-state index is 0.0271. The second kappa shape index (κ2) is 12.6. The maximum absolute atomic E-state index is 13.7. The summed E-state index contributed by atoms with van der Waals surface area (Å²) in [5.41, 5.74) is 3.70. The number of phenolic OH excluding ortho intramolecular Hbond substituents is 1. The van der Waals surface area contributed by atoms with E-state index in [-0.39, 0.29) is 36.1 Å². The van der Waals surface area contributed by atoms with Crippen LogP contribution in [0.25, 0.3) is 6.08 Å². The highest BCUT2D eigenvalue weighted by Crippen LogP contribution is 2.49. The lowest BCUT2D eigenvalue weighted by molar-refractivity contribution is -0.143. The SMILES string of the molecule is CCC/C(=C\c1ccccc1O)CC[C@@H](O)C1=C(C(C)C)C[C@H]2C(=O)N(C3CCCCC3)C(=O)[C@H]2[C@H]1CO. The van der Waals surface area contributed by atoms with E-state index >= 15 is 0 Å². The van der Waals surface area contributed by atoms with Crippen molar-refractivity contribution in [2.75, 3.05) is 6.61 Å².